The average Bonchev–Trinajstić information content (AvgIpc) is 2.67. The number of phosphoric ester groups is 1. The van der Waals surface area contributed by atoms with Gasteiger partial charge in [-0.2, -0.15) is 0 Å². The molecule has 4 unspecified atom stereocenters. The minimum Gasteiger partial charge on any atom is -0.616 e. The zero-order chi connectivity index (χ0) is 15.2. The molecule has 1 rings (SSSR count). The van der Waals surface area contributed by atoms with E-state index in [9.17, 15) is 13.7 Å². The van der Waals surface area contributed by atoms with Gasteiger partial charge in [-0.1, -0.05) is 13.2 Å². The maximum absolute atomic E-state index is 12.0. The molecule has 1 fully saturated rings. The SMILES string of the molecule is C=CC[S+]([O-])CC1OP(=O)(OC)OC1C[S+]([O-])CC=C. The van der Waals surface area contributed by atoms with Crippen LogP contribution >= 0.6 is 7.82 Å². The van der Waals surface area contributed by atoms with Gasteiger partial charge in [0.2, 0.25) is 0 Å². The highest BCUT2D eigenvalue weighted by atomic mass is 32.2. The first kappa shape index (κ1) is 18.3. The normalized spacial score (nSPS) is 32.8. The van der Waals surface area contributed by atoms with Crippen LogP contribution in [0.5, 0.6) is 0 Å². The van der Waals surface area contributed by atoms with Crippen molar-refractivity contribution >= 4 is 30.2 Å². The molecule has 0 spiro atoms. The van der Waals surface area contributed by atoms with Crippen LogP contribution in [-0.4, -0.2) is 51.4 Å². The highest BCUT2D eigenvalue weighted by Crippen LogP contribution is 2.57. The Hall–Kier alpha value is 0.210. The Morgan fingerprint density at radius 3 is 1.85 bits per heavy atom. The van der Waals surface area contributed by atoms with Crippen LogP contribution in [0, 0.1) is 0 Å². The molecule has 0 aromatic heterocycles. The molecule has 0 aliphatic carbocycles. The quantitative estimate of drug-likeness (QED) is 0.357. The lowest BCUT2D eigenvalue weighted by molar-refractivity contribution is 0.191. The van der Waals surface area contributed by atoms with E-state index in [1.54, 1.807) is 0 Å². The highest BCUT2D eigenvalue weighted by molar-refractivity contribution is 7.92. The standard InChI is InChI=1S/C11H19O6PS2/c1-4-6-19(13)8-10-11(9-20(14)7-5-2)17-18(12,15-3)16-10/h4-5,10-11H,1-2,6-9H2,3H3. The van der Waals surface area contributed by atoms with Gasteiger partial charge in [-0.05, 0) is 34.5 Å². The largest absolute Gasteiger partial charge is 0.616 e. The Bertz CT molecular complexity index is 350. The van der Waals surface area contributed by atoms with Crippen LogP contribution in [0.1, 0.15) is 0 Å². The van der Waals surface area contributed by atoms with Gasteiger partial charge in [0.25, 0.3) is 0 Å². The molecule has 0 N–H and O–H groups in total. The molecular formula is C11H19O6PS2. The zero-order valence-electron chi connectivity index (χ0n) is 11.3. The van der Waals surface area contributed by atoms with Crippen molar-refractivity contribution in [2.24, 2.45) is 0 Å². The van der Waals surface area contributed by atoms with Gasteiger partial charge in [0.05, 0.1) is 0 Å². The summed E-state index contributed by atoms with van der Waals surface area (Å²) in [5, 5.41) is 0. The van der Waals surface area contributed by atoms with Crippen molar-refractivity contribution in [2.45, 2.75) is 12.2 Å². The Labute approximate surface area is 125 Å². The summed E-state index contributed by atoms with van der Waals surface area (Å²) in [4.78, 5) is 0. The molecule has 116 valence electrons. The molecule has 20 heavy (non-hydrogen) atoms. The topological polar surface area (TPSA) is 90.9 Å². The van der Waals surface area contributed by atoms with E-state index in [2.05, 4.69) is 13.2 Å². The van der Waals surface area contributed by atoms with E-state index in [-0.39, 0.29) is 11.5 Å². The van der Waals surface area contributed by atoms with Gasteiger partial charge < -0.3 is 9.11 Å². The van der Waals surface area contributed by atoms with E-state index in [0.717, 1.165) is 0 Å². The van der Waals surface area contributed by atoms with Crippen LogP contribution in [0.25, 0.3) is 0 Å². The molecule has 0 radical (unpaired) electrons. The van der Waals surface area contributed by atoms with Crippen molar-refractivity contribution in [3.05, 3.63) is 25.3 Å². The van der Waals surface area contributed by atoms with Gasteiger partial charge >= 0.3 is 7.82 Å². The summed E-state index contributed by atoms with van der Waals surface area (Å²) in [7, 11) is -2.42. The number of phosphoric acid groups is 1. The Kier molecular flexibility index (Phi) is 7.86. The molecule has 0 aromatic rings. The van der Waals surface area contributed by atoms with Crippen LogP contribution in [0.2, 0.25) is 0 Å². The predicted molar refractivity (Wildman–Crippen MR) is 80.5 cm³/mol. The zero-order valence-corrected chi connectivity index (χ0v) is 13.8. The summed E-state index contributed by atoms with van der Waals surface area (Å²) >= 11 is -2.41. The van der Waals surface area contributed by atoms with Crippen LogP contribution < -0.4 is 0 Å². The maximum atomic E-state index is 12.0. The third kappa shape index (κ3) is 5.54. The number of hydrogen-bond donors (Lipinski definition) is 0. The minimum absolute atomic E-state index is 0.134. The maximum Gasteiger partial charge on any atom is 0.475 e. The van der Waals surface area contributed by atoms with Gasteiger partial charge in [0.1, 0.15) is 35.2 Å². The van der Waals surface area contributed by atoms with Crippen molar-refractivity contribution < 1.29 is 27.2 Å². The summed E-state index contributed by atoms with van der Waals surface area (Å²) in [5.41, 5.74) is 0. The monoisotopic (exact) mass is 342 g/mol. The van der Waals surface area contributed by atoms with Crippen molar-refractivity contribution in [1.29, 1.82) is 0 Å². The number of hydrogen-bond acceptors (Lipinski definition) is 6. The van der Waals surface area contributed by atoms with Crippen LogP contribution in [0.3, 0.4) is 0 Å². The number of rotatable bonds is 9. The fraction of sp³-hybridized carbons (Fsp3) is 0.636. The summed E-state index contributed by atoms with van der Waals surface area (Å²) in [6.45, 7) is 7.01. The van der Waals surface area contributed by atoms with Crippen molar-refractivity contribution in [3.8, 4) is 0 Å². The second-order valence-electron chi connectivity index (χ2n) is 4.04. The van der Waals surface area contributed by atoms with Crippen molar-refractivity contribution in [3.63, 3.8) is 0 Å². The molecule has 1 aliphatic rings. The van der Waals surface area contributed by atoms with Gasteiger partial charge in [-0.25, -0.2) is 4.57 Å². The van der Waals surface area contributed by atoms with E-state index in [4.69, 9.17) is 13.6 Å². The van der Waals surface area contributed by atoms with Crippen LogP contribution in [-0.2, 0) is 40.5 Å². The molecular weight excluding hydrogens is 323 g/mol. The molecule has 0 saturated carbocycles. The van der Waals surface area contributed by atoms with Gasteiger partial charge in [-0.3, -0.25) is 13.6 Å². The molecule has 1 saturated heterocycles. The molecule has 1 aliphatic heterocycles. The highest BCUT2D eigenvalue weighted by Gasteiger charge is 2.49. The Balaban J connectivity index is 2.68. The first-order valence-electron chi connectivity index (χ1n) is 5.88. The van der Waals surface area contributed by atoms with Gasteiger partial charge in [-0.15, -0.1) is 0 Å². The summed E-state index contributed by atoms with van der Waals surface area (Å²) in [6, 6.07) is 0. The summed E-state index contributed by atoms with van der Waals surface area (Å²) in [5.74, 6) is 0.879. The minimum atomic E-state index is -3.63. The van der Waals surface area contributed by atoms with Crippen LogP contribution in [0.4, 0.5) is 0 Å². The molecule has 0 aromatic carbocycles. The predicted octanol–water partition coefficient (Wildman–Crippen LogP) is 1.39. The fourth-order valence-corrected chi connectivity index (χ4v) is 5.22. The van der Waals surface area contributed by atoms with E-state index in [0.29, 0.717) is 11.5 Å². The average molecular weight is 342 g/mol. The van der Waals surface area contributed by atoms with E-state index in [1.165, 1.54) is 19.3 Å². The van der Waals surface area contributed by atoms with E-state index >= 15 is 0 Å². The third-order valence-corrected chi connectivity index (χ3v) is 6.60. The second-order valence-corrected chi connectivity index (χ2v) is 8.82. The van der Waals surface area contributed by atoms with Gasteiger partial charge in [0, 0.05) is 7.11 Å². The Morgan fingerprint density at radius 2 is 1.55 bits per heavy atom. The first-order valence-corrected chi connectivity index (χ1v) is 10.3. The second kappa shape index (κ2) is 8.60. The van der Waals surface area contributed by atoms with Crippen molar-refractivity contribution in [2.75, 3.05) is 30.1 Å². The van der Waals surface area contributed by atoms with E-state index < -0.39 is 42.4 Å². The molecule has 0 bridgehead atoms. The molecule has 6 nitrogen and oxygen atoms in total. The fourth-order valence-electron chi connectivity index (χ4n) is 1.62. The lowest BCUT2D eigenvalue weighted by Gasteiger charge is -2.18. The lowest BCUT2D eigenvalue weighted by Crippen LogP contribution is -2.36. The van der Waals surface area contributed by atoms with Crippen molar-refractivity contribution in [1.82, 2.24) is 0 Å². The third-order valence-electron chi connectivity index (χ3n) is 2.48. The summed E-state index contributed by atoms with van der Waals surface area (Å²) in [6.07, 6.45) is 1.73. The summed E-state index contributed by atoms with van der Waals surface area (Å²) < 4.78 is 50.6. The molecule has 4 atom stereocenters. The first-order chi connectivity index (χ1) is 9.44. The lowest BCUT2D eigenvalue weighted by atomic mass is 10.3. The molecule has 1 heterocycles. The van der Waals surface area contributed by atoms with Crippen LogP contribution in [0.15, 0.2) is 25.3 Å². The molecule has 0 amide bonds. The molecule has 9 heteroatoms. The Morgan fingerprint density at radius 1 is 1.15 bits per heavy atom. The van der Waals surface area contributed by atoms with Gasteiger partial charge in [0.15, 0.2) is 0 Å². The smallest absolute Gasteiger partial charge is 0.475 e. The van der Waals surface area contributed by atoms with E-state index in [1.807, 2.05) is 0 Å².